The van der Waals surface area contributed by atoms with Crippen molar-refractivity contribution < 1.29 is 8.76 Å². The molecule has 1 aromatic carbocycles. The first-order valence-corrected chi connectivity index (χ1v) is 6.93. The van der Waals surface area contributed by atoms with Crippen molar-refractivity contribution in [2.75, 3.05) is 13.1 Å². The third kappa shape index (κ3) is 4.20. The molecule has 1 aliphatic rings. The average molecular weight is 253 g/mol. The summed E-state index contributed by atoms with van der Waals surface area (Å²) in [5.41, 5.74) is 1.31. The van der Waals surface area contributed by atoms with Crippen LogP contribution in [0.2, 0.25) is 0 Å². The first kappa shape index (κ1) is 12.7. The van der Waals surface area contributed by atoms with Crippen LogP contribution in [0.4, 0.5) is 0 Å². The van der Waals surface area contributed by atoms with Gasteiger partial charge in [0, 0.05) is 36.9 Å². The van der Waals surface area contributed by atoms with Crippen molar-refractivity contribution in [2.45, 2.75) is 25.4 Å². The molecule has 94 valence electrons. The monoisotopic (exact) mass is 253 g/mol. The minimum atomic E-state index is -2.13. The van der Waals surface area contributed by atoms with Crippen molar-refractivity contribution in [1.29, 1.82) is 0 Å². The van der Waals surface area contributed by atoms with Gasteiger partial charge in [0.1, 0.15) is 0 Å². The summed E-state index contributed by atoms with van der Waals surface area (Å²) in [5.74, 6) is 0. The van der Waals surface area contributed by atoms with Crippen LogP contribution in [0, 0.1) is 0 Å². The molecule has 0 bridgehead atoms. The Morgan fingerprint density at radius 2 is 1.94 bits per heavy atom. The van der Waals surface area contributed by atoms with E-state index in [1.54, 1.807) is 0 Å². The van der Waals surface area contributed by atoms with Crippen LogP contribution in [0.25, 0.3) is 0 Å². The largest absolute Gasteiger partial charge is 0.760 e. The molecule has 0 radical (unpaired) electrons. The van der Waals surface area contributed by atoms with E-state index in [-0.39, 0.29) is 6.04 Å². The molecule has 5 heteroatoms. The van der Waals surface area contributed by atoms with Gasteiger partial charge in [-0.15, -0.1) is 0 Å². The Labute approximate surface area is 104 Å². The second-order valence-electron chi connectivity index (χ2n) is 4.39. The zero-order valence-electron chi connectivity index (χ0n) is 9.67. The highest BCUT2D eigenvalue weighted by Crippen LogP contribution is 2.13. The van der Waals surface area contributed by atoms with Gasteiger partial charge in [-0.1, -0.05) is 30.3 Å². The summed E-state index contributed by atoms with van der Waals surface area (Å²) in [6, 6.07) is 10.5. The summed E-state index contributed by atoms with van der Waals surface area (Å²) in [7, 11) is 0. The molecule has 0 spiro atoms. The molecule has 1 heterocycles. The summed E-state index contributed by atoms with van der Waals surface area (Å²) >= 11 is -2.13. The molecule has 1 aromatic rings. The fourth-order valence-corrected chi connectivity index (χ4v) is 2.69. The Morgan fingerprint density at radius 3 is 2.53 bits per heavy atom. The van der Waals surface area contributed by atoms with E-state index in [0.29, 0.717) is 0 Å². The molecule has 2 rings (SSSR count). The van der Waals surface area contributed by atoms with Gasteiger partial charge in [0.2, 0.25) is 0 Å². The quantitative estimate of drug-likeness (QED) is 0.816. The number of nitrogens with zero attached hydrogens (tertiary/aromatic N) is 1. The number of nitrogens with one attached hydrogen (secondary N) is 1. The Kier molecular flexibility index (Phi) is 4.67. The minimum Gasteiger partial charge on any atom is -0.760 e. The molecule has 1 saturated heterocycles. The van der Waals surface area contributed by atoms with Crippen molar-refractivity contribution in [3.8, 4) is 0 Å². The van der Waals surface area contributed by atoms with Crippen molar-refractivity contribution in [3.63, 3.8) is 0 Å². The van der Waals surface area contributed by atoms with Gasteiger partial charge in [0.05, 0.1) is 0 Å². The second-order valence-corrected chi connectivity index (χ2v) is 5.09. The summed E-state index contributed by atoms with van der Waals surface area (Å²) in [5, 5.41) is 0. The van der Waals surface area contributed by atoms with E-state index in [4.69, 9.17) is 0 Å². The average Bonchev–Trinajstić information content (AvgIpc) is 2.32. The lowest BCUT2D eigenvalue weighted by Gasteiger charge is -2.32. The predicted octanol–water partition coefficient (Wildman–Crippen LogP) is 1.03. The Morgan fingerprint density at radius 1 is 1.29 bits per heavy atom. The van der Waals surface area contributed by atoms with E-state index in [0.717, 1.165) is 32.5 Å². The van der Waals surface area contributed by atoms with Gasteiger partial charge >= 0.3 is 0 Å². The third-order valence-corrected chi connectivity index (χ3v) is 3.63. The van der Waals surface area contributed by atoms with Crippen LogP contribution in [-0.4, -0.2) is 32.8 Å². The third-order valence-electron chi connectivity index (χ3n) is 3.10. The Bertz CT molecular complexity index is 364. The number of hydrogen-bond acceptors (Lipinski definition) is 3. The topological polar surface area (TPSA) is 55.4 Å². The zero-order valence-corrected chi connectivity index (χ0v) is 10.5. The summed E-state index contributed by atoms with van der Waals surface area (Å²) in [4.78, 5) is 2.36. The summed E-state index contributed by atoms with van der Waals surface area (Å²) in [6.07, 6.45) is 1.78. The molecule has 1 aliphatic heterocycles. The molecule has 0 aliphatic carbocycles. The molecule has 0 aromatic heterocycles. The fourth-order valence-electron chi connectivity index (χ4n) is 2.19. The molecule has 4 nitrogen and oxygen atoms in total. The lowest BCUT2D eigenvalue weighted by atomic mass is 10.1. The van der Waals surface area contributed by atoms with Gasteiger partial charge in [-0.25, -0.2) is 4.72 Å². The molecule has 0 saturated carbocycles. The second kappa shape index (κ2) is 6.26. The van der Waals surface area contributed by atoms with Crippen molar-refractivity contribution >= 4 is 11.3 Å². The smallest absolute Gasteiger partial charge is 0.0233 e. The number of rotatable bonds is 4. The molecular formula is C12H17N2O2S-. The molecule has 17 heavy (non-hydrogen) atoms. The molecule has 1 fully saturated rings. The Hall–Kier alpha value is -0.750. The van der Waals surface area contributed by atoms with Crippen LogP contribution < -0.4 is 4.72 Å². The van der Waals surface area contributed by atoms with Gasteiger partial charge in [0.25, 0.3) is 0 Å². The molecule has 1 unspecified atom stereocenters. The van der Waals surface area contributed by atoms with E-state index in [1.165, 1.54) is 5.56 Å². The number of benzene rings is 1. The van der Waals surface area contributed by atoms with Gasteiger partial charge < -0.3 is 4.55 Å². The summed E-state index contributed by atoms with van der Waals surface area (Å²) in [6.45, 7) is 2.85. The SMILES string of the molecule is O=S([O-])NC1CCN(Cc2ccccc2)CC1. The highest BCUT2D eigenvalue weighted by Gasteiger charge is 2.18. The van der Waals surface area contributed by atoms with Gasteiger partial charge in [-0.2, -0.15) is 0 Å². The number of hydrogen-bond donors (Lipinski definition) is 1. The maximum Gasteiger partial charge on any atom is 0.0233 e. The van der Waals surface area contributed by atoms with Crippen LogP contribution in [-0.2, 0) is 17.8 Å². The van der Waals surface area contributed by atoms with E-state index in [2.05, 4.69) is 21.8 Å². The Balaban J connectivity index is 1.78. The van der Waals surface area contributed by atoms with E-state index < -0.39 is 11.3 Å². The van der Waals surface area contributed by atoms with Gasteiger partial charge in [-0.05, 0) is 18.4 Å². The van der Waals surface area contributed by atoms with Gasteiger partial charge in [-0.3, -0.25) is 9.11 Å². The lowest BCUT2D eigenvalue weighted by Crippen LogP contribution is -2.42. The highest BCUT2D eigenvalue weighted by atomic mass is 32.2. The molecule has 1 atom stereocenters. The van der Waals surface area contributed by atoms with Crippen molar-refractivity contribution in [3.05, 3.63) is 35.9 Å². The van der Waals surface area contributed by atoms with E-state index >= 15 is 0 Å². The van der Waals surface area contributed by atoms with Crippen molar-refractivity contribution in [1.82, 2.24) is 9.62 Å². The fraction of sp³-hybridized carbons (Fsp3) is 0.500. The molecular weight excluding hydrogens is 236 g/mol. The maximum atomic E-state index is 10.5. The van der Waals surface area contributed by atoms with Crippen LogP contribution in [0.15, 0.2) is 30.3 Å². The highest BCUT2D eigenvalue weighted by molar-refractivity contribution is 7.77. The predicted molar refractivity (Wildman–Crippen MR) is 66.8 cm³/mol. The normalized spacial score (nSPS) is 20.3. The maximum absolute atomic E-state index is 10.5. The lowest BCUT2D eigenvalue weighted by molar-refractivity contribution is 0.199. The minimum absolute atomic E-state index is 0.111. The zero-order chi connectivity index (χ0) is 12.1. The van der Waals surface area contributed by atoms with Crippen LogP contribution in [0.1, 0.15) is 18.4 Å². The number of likely N-dealkylation sites (tertiary alicyclic amines) is 1. The number of piperidine rings is 1. The molecule has 1 N–H and O–H groups in total. The van der Waals surface area contributed by atoms with Gasteiger partial charge in [0.15, 0.2) is 0 Å². The standard InChI is InChI=1S/C12H18N2O2S/c15-17(16)13-12-6-8-14(9-7-12)10-11-4-2-1-3-5-11/h1-5,12-13H,6-10H2,(H,15,16)/p-1. The van der Waals surface area contributed by atoms with E-state index in [9.17, 15) is 8.76 Å². The summed E-state index contributed by atoms with van der Waals surface area (Å²) < 4.78 is 23.6. The molecule has 0 amide bonds. The van der Waals surface area contributed by atoms with Crippen LogP contribution in [0.5, 0.6) is 0 Å². The first-order valence-electron chi connectivity index (χ1n) is 5.86. The van der Waals surface area contributed by atoms with E-state index in [1.807, 2.05) is 18.2 Å². The van der Waals surface area contributed by atoms with Crippen LogP contribution >= 0.6 is 0 Å². The van der Waals surface area contributed by atoms with Crippen LogP contribution in [0.3, 0.4) is 0 Å². The first-order chi connectivity index (χ1) is 8.24. The van der Waals surface area contributed by atoms with Crippen molar-refractivity contribution in [2.24, 2.45) is 0 Å².